The van der Waals surface area contributed by atoms with Crippen molar-refractivity contribution in [2.75, 3.05) is 0 Å². The van der Waals surface area contributed by atoms with Crippen molar-refractivity contribution < 1.29 is 14.3 Å². The van der Waals surface area contributed by atoms with Crippen LogP contribution >= 0.6 is 0 Å². The van der Waals surface area contributed by atoms with Crippen LogP contribution in [0.5, 0.6) is 0 Å². The van der Waals surface area contributed by atoms with Gasteiger partial charge in [0.15, 0.2) is 0 Å². The zero-order chi connectivity index (χ0) is 22.7. The van der Waals surface area contributed by atoms with Gasteiger partial charge in [-0.3, -0.25) is 9.59 Å². The first kappa shape index (κ1) is 19.7. The number of aromatic carboxylic acids is 1. The number of hydrogen-bond acceptors (Lipinski definition) is 4. The van der Waals surface area contributed by atoms with Crippen molar-refractivity contribution >= 4 is 27.8 Å². The number of carboxylic acid groups (broad SMARTS) is 1. The standard InChI is InChI=1S/C24H16FN3O4/c1-11-20(12-2-5-19-13(6-12)7-14(9-26)23(30)27-19)18(25)8-16-21(11)28(15-3-4-15)10-17(22(16)29)24(31)32/h2,5-8,10,15H,3-4H2,1H3,(H,27,30)(H,31,32). The van der Waals surface area contributed by atoms with Crippen molar-refractivity contribution in [2.24, 2.45) is 0 Å². The minimum atomic E-state index is -1.34. The number of fused-ring (bicyclic) bond motifs is 2. The van der Waals surface area contributed by atoms with E-state index in [2.05, 4.69) is 4.98 Å². The number of nitrogens with one attached hydrogen (secondary N) is 1. The monoisotopic (exact) mass is 429 g/mol. The number of nitriles is 1. The van der Waals surface area contributed by atoms with Gasteiger partial charge in [0.05, 0.1) is 5.52 Å². The number of pyridine rings is 2. The van der Waals surface area contributed by atoms with Gasteiger partial charge >= 0.3 is 5.97 Å². The third kappa shape index (κ3) is 2.90. The second-order valence-electron chi connectivity index (χ2n) is 8.00. The van der Waals surface area contributed by atoms with Gasteiger partial charge in [-0.25, -0.2) is 9.18 Å². The molecule has 1 aliphatic carbocycles. The third-order valence-electron chi connectivity index (χ3n) is 5.93. The third-order valence-corrected chi connectivity index (χ3v) is 5.93. The Morgan fingerprint density at radius 2 is 2.00 bits per heavy atom. The Bertz CT molecular complexity index is 1640. The summed E-state index contributed by atoms with van der Waals surface area (Å²) in [6.07, 6.45) is 3.05. The van der Waals surface area contributed by atoms with E-state index in [4.69, 9.17) is 5.26 Å². The van der Waals surface area contributed by atoms with Crippen LogP contribution in [0.2, 0.25) is 0 Å². The number of H-pyrrole nitrogens is 1. The van der Waals surface area contributed by atoms with E-state index in [1.165, 1.54) is 12.3 Å². The Kier molecular flexibility index (Phi) is 4.24. The van der Waals surface area contributed by atoms with Crippen LogP contribution in [0.15, 0.2) is 46.1 Å². The number of aryl methyl sites for hydroxylation is 1. The Hall–Kier alpha value is -4.25. The molecule has 0 aliphatic heterocycles. The molecule has 1 fully saturated rings. The molecule has 2 N–H and O–H groups in total. The topological polar surface area (TPSA) is 116 Å². The molecule has 2 heterocycles. The SMILES string of the molecule is Cc1c(-c2ccc3[nH]c(=O)c(C#N)cc3c2)c(F)cc2c(=O)c(C(=O)O)cn(C3CC3)c12. The molecule has 32 heavy (non-hydrogen) atoms. The molecule has 5 rings (SSSR count). The molecule has 0 bridgehead atoms. The van der Waals surface area contributed by atoms with Crippen LogP contribution in [0.1, 0.15) is 40.4 Å². The highest BCUT2D eigenvalue weighted by molar-refractivity contribution is 5.96. The Morgan fingerprint density at radius 3 is 2.66 bits per heavy atom. The number of halogens is 1. The van der Waals surface area contributed by atoms with Crippen molar-refractivity contribution in [1.29, 1.82) is 5.26 Å². The Labute approximate surface area is 180 Å². The first-order valence-electron chi connectivity index (χ1n) is 9.99. The fraction of sp³-hybridized carbons (Fsp3) is 0.167. The summed E-state index contributed by atoms with van der Waals surface area (Å²) in [6.45, 7) is 1.71. The minimum Gasteiger partial charge on any atom is -0.477 e. The molecule has 158 valence electrons. The van der Waals surface area contributed by atoms with Gasteiger partial charge in [0.25, 0.3) is 5.56 Å². The van der Waals surface area contributed by atoms with E-state index in [-0.39, 0.29) is 28.1 Å². The summed E-state index contributed by atoms with van der Waals surface area (Å²) in [4.78, 5) is 38.8. The second kappa shape index (κ2) is 6.89. The first-order chi connectivity index (χ1) is 15.3. The Morgan fingerprint density at radius 1 is 1.25 bits per heavy atom. The predicted octanol–water partition coefficient (Wildman–Crippen LogP) is 3.86. The average molecular weight is 429 g/mol. The molecule has 0 atom stereocenters. The molecule has 2 aromatic carbocycles. The van der Waals surface area contributed by atoms with Gasteiger partial charge in [-0.15, -0.1) is 0 Å². The van der Waals surface area contributed by atoms with Crippen LogP contribution in [0, 0.1) is 24.1 Å². The summed E-state index contributed by atoms with van der Waals surface area (Å²) in [5, 5.41) is 19.2. The number of rotatable bonds is 3. The van der Waals surface area contributed by atoms with Gasteiger partial charge in [0, 0.05) is 34.1 Å². The number of benzene rings is 2. The highest BCUT2D eigenvalue weighted by Gasteiger charge is 2.29. The van der Waals surface area contributed by atoms with Crippen molar-refractivity contribution in [3.8, 4) is 17.2 Å². The minimum absolute atomic E-state index is 0.0347. The molecule has 1 aliphatic rings. The zero-order valence-electron chi connectivity index (χ0n) is 16.9. The van der Waals surface area contributed by atoms with E-state index >= 15 is 4.39 Å². The molecule has 0 saturated heterocycles. The van der Waals surface area contributed by atoms with E-state index in [1.807, 2.05) is 6.07 Å². The van der Waals surface area contributed by atoms with Gasteiger partial charge in [-0.2, -0.15) is 5.26 Å². The molecule has 0 spiro atoms. The van der Waals surface area contributed by atoms with Gasteiger partial charge in [-0.05, 0) is 55.2 Å². The van der Waals surface area contributed by atoms with Gasteiger partial charge in [0.1, 0.15) is 23.0 Å². The highest BCUT2D eigenvalue weighted by Crippen LogP contribution is 2.40. The maximum atomic E-state index is 15.3. The molecule has 4 aromatic rings. The fourth-order valence-electron chi connectivity index (χ4n) is 4.27. The molecule has 1 saturated carbocycles. The summed E-state index contributed by atoms with van der Waals surface area (Å²) in [6, 6.07) is 9.42. The Balaban J connectivity index is 1.83. The number of aromatic nitrogens is 2. The molecular formula is C24H16FN3O4. The van der Waals surface area contributed by atoms with Crippen LogP contribution in [0.3, 0.4) is 0 Å². The lowest BCUT2D eigenvalue weighted by molar-refractivity contribution is 0.0695. The van der Waals surface area contributed by atoms with Crippen LogP contribution < -0.4 is 11.0 Å². The first-order valence-corrected chi connectivity index (χ1v) is 9.99. The summed E-state index contributed by atoms with van der Waals surface area (Å²) < 4.78 is 17.1. The molecule has 0 radical (unpaired) electrons. The van der Waals surface area contributed by atoms with Crippen molar-refractivity contribution in [3.63, 3.8) is 0 Å². The molecule has 0 unspecified atom stereocenters. The summed E-state index contributed by atoms with van der Waals surface area (Å²) in [5.41, 5.74) is 0.699. The molecule has 7 nitrogen and oxygen atoms in total. The lowest BCUT2D eigenvalue weighted by atomic mass is 9.94. The molecular weight excluding hydrogens is 413 g/mol. The average Bonchev–Trinajstić information content (AvgIpc) is 3.59. The zero-order valence-corrected chi connectivity index (χ0v) is 16.9. The van der Waals surface area contributed by atoms with E-state index in [0.717, 1.165) is 18.9 Å². The lowest BCUT2D eigenvalue weighted by Crippen LogP contribution is -2.19. The number of carbonyl (C=O) groups is 1. The summed E-state index contributed by atoms with van der Waals surface area (Å²) in [7, 11) is 0. The molecule has 2 aromatic heterocycles. The molecule has 8 heteroatoms. The van der Waals surface area contributed by atoms with Gasteiger partial charge < -0.3 is 14.7 Å². The normalized spacial score (nSPS) is 13.4. The molecule has 0 amide bonds. The van der Waals surface area contributed by atoms with Crippen LogP contribution in [-0.2, 0) is 0 Å². The van der Waals surface area contributed by atoms with Crippen LogP contribution in [-0.4, -0.2) is 20.6 Å². The largest absolute Gasteiger partial charge is 0.477 e. The van der Waals surface area contributed by atoms with E-state index in [9.17, 15) is 19.5 Å². The van der Waals surface area contributed by atoms with Gasteiger partial charge in [0.2, 0.25) is 5.43 Å². The lowest BCUT2D eigenvalue weighted by Gasteiger charge is -2.17. The number of aromatic amines is 1. The van der Waals surface area contributed by atoms with Crippen LogP contribution in [0.25, 0.3) is 32.9 Å². The smallest absolute Gasteiger partial charge is 0.341 e. The van der Waals surface area contributed by atoms with E-state index < -0.39 is 22.8 Å². The van der Waals surface area contributed by atoms with E-state index in [1.54, 1.807) is 29.7 Å². The number of nitrogens with zero attached hydrogens (tertiary/aromatic N) is 2. The number of carboxylic acids is 1. The fourth-order valence-corrected chi connectivity index (χ4v) is 4.27. The highest BCUT2D eigenvalue weighted by atomic mass is 19.1. The van der Waals surface area contributed by atoms with Crippen molar-refractivity contribution in [3.05, 3.63) is 79.6 Å². The quantitative estimate of drug-likeness (QED) is 0.513. The maximum Gasteiger partial charge on any atom is 0.341 e. The summed E-state index contributed by atoms with van der Waals surface area (Å²) in [5.74, 6) is -1.99. The van der Waals surface area contributed by atoms with Crippen molar-refractivity contribution in [1.82, 2.24) is 9.55 Å². The second-order valence-corrected chi connectivity index (χ2v) is 8.00. The van der Waals surface area contributed by atoms with Crippen molar-refractivity contribution in [2.45, 2.75) is 25.8 Å². The van der Waals surface area contributed by atoms with E-state index in [0.29, 0.717) is 27.5 Å². The summed E-state index contributed by atoms with van der Waals surface area (Å²) >= 11 is 0. The van der Waals surface area contributed by atoms with Gasteiger partial charge in [-0.1, -0.05) is 6.07 Å². The number of hydrogen-bond donors (Lipinski definition) is 2. The maximum absolute atomic E-state index is 15.3. The van der Waals surface area contributed by atoms with Crippen LogP contribution in [0.4, 0.5) is 4.39 Å². The predicted molar refractivity (Wildman–Crippen MR) is 116 cm³/mol.